The van der Waals surface area contributed by atoms with Crippen molar-refractivity contribution < 1.29 is 33.3 Å². The molecule has 0 spiro atoms. The molecule has 1 aliphatic carbocycles. The number of ether oxygens (including phenoxy) is 5. The molecule has 0 unspecified atom stereocenters. The minimum Gasteiger partial charge on any atom is -0.493 e. The molecular formula is C28H29NO7. The first-order valence-electron chi connectivity index (χ1n) is 12.0. The number of hydrogen-bond acceptors (Lipinski definition) is 8. The summed E-state index contributed by atoms with van der Waals surface area (Å²) in [4.78, 5) is 26.6. The maximum Gasteiger partial charge on any atom is 0.336 e. The highest BCUT2D eigenvalue weighted by Gasteiger charge is 2.41. The summed E-state index contributed by atoms with van der Waals surface area (Å²) in [6, 6.07) is 11.3. The van der Waals surface area contributed by atoms with E-state index in [1.807, 2.05) is 50.2 Å². The monoisotopic (exact) mass is 491 g/mol. The molecule has 8 heteroatoms. The molecule has 8 nitrogen and oxygen atoms in total. The van der Waals surface area contributed by atoms with Gasteiger partial charge in [-0.2, -0.15) is 0 Å². The topological polar surface area (TPSA) is 92.3 Å². The Bertz CT molecular complexity index is 1290. The van der Waals surface area contributed by atoms with E-state index in [9.17, 15) is 9.59 Å². The number of Topliss-reactive ketones (excluding diaryl/α,β-unsaturated/α-hetero) is 1. The van der Waals surface area contributed by atoms with Gasteiger partial charge in [-0.1, -0.05) is 12.1 Å². The van der Waals surface area contributed by atoms with Gasteiger partial charge in [0.25, 0.3) is 0 Å². The number of allylic oxidation sites excluding steroid dienone is 3. The number of hydrogen-bond donors (Lipinski definition) is 1. The molecule has 3 aliphatic rings. The van der Waals surface area contributed by atoms with Crippen LogP contribution in [0.15, 0.2) is 58.9 Å². The van der Waals surface area contributed by atoms with Gasteiger partial charge in [0.2, 0.25) is 6.79 Å². The number of carbonyl (C=O) groups is 2. The van der Waals surface area contributed by atoms with Crippen molar-refractivity contribution in [2.24, 2.45) is 0 Å². The van der Waals surface area contributed by atoms with Crippen LogP contribution in [-0.4, -0.2) is 39.4 Å². The van der Waals surface area contributed by atoms with Crippen LogP contribution in [0.5, 0.6) is 23.0 Å². The Morgan fingerprint density at radius 3 is 2.56 bits per heavy atom. The van der Waals surface area contributed by atoms with Gasteiger partial charge in [-0.3, -0.25) is 4.79 Å². The molecule has 0 radical (unpaired) electrons. The third-order valence-electron chi connectivity index (χ3n) is 6.92. The maximum atomic E-state index is 13.7. The summed E-state index contributed by atoms with van der Waals surface area (Å²) in [5.41, 5.74) is 4.27. The van der Waals surface area contributed by atoms with Gasteiger partial charge in [0, 0.05) is 29.3 Å². The van der Waals surface area contributed by atoms with E-state index in [1.165, 1.54) is 7.11 Å². The zero-order valence-electron chi connectivity index (χ0n) is 20.8. The molecule has 36 heavy (non-hydrogen) atoms. The second kappa shape index (κ2) is 9.60. The van der Waals surface area contributed by atoms with Crippen LogP contribution in [0.1, 0.15) is 49.7 Å². The van der Waals surface area contributed by atoms with Crippen molar-refractivity contribution in [3.05, 3.63) is 70.1 Å². The molecule has 188 valence electrons. The van der Waals surface area contributed by atoms with E-state index in [4.69, 9.17) is 23.7 Å². The minimum absolute atomic E-state index is 0.0156. The minimum atomic E-state index is -0.563. The Balaban J connectivity index is 1.55. The second-order valence-corrected chi connectivity index (χ2v) is 8.96. The number of rotatable bonds is 6. The Morgan fingerprint density at radius 1 is 1.03 bits per heavy atom. The summed E-state index contributed by atoms with van der Waals surface area (Å²) in [5.74, 6) is 1.45. The quantitative estimate of drug-likeness (QED) is 0.596. The predicted octanol–water partition coefficient (Wildman–Crippen LogP) is 4.36. The molecule has 0 saturated carbocycles. The number of carbonyl (C=O) groups excluding carboxylic acids is 2. The third kappa shape index (κ3) is 4.06. The van der Waals surface area contributed by atoms with Crippen molar-refractivity contribution >= 4 is 11.8 Å². The van der Waals surface area contributed by atoms with Gasteiger partial charge >= 0.3 is 5.97 Å². The lowest BCUT2D eigenvalue weighted by Crippen LogP contribution is -2.36. The molecule has 2 atom stereocenters. The van der Waals surface area contributed by atoms with Crippen LogP contribution in [0.2, 0.25) is 0 Å². The molecule has 5 rings (SSSR count). The molecule has 2 aromatic rings. The fraction of sp³-hybridized carbons (Fsp3) is 0.357. The number of fused-ring (bicyclic) bond motifs is 1. The highest BCUT2D eigenvalue weighted by atomic mass is 16.7. The highest BCUT2D eigenvalue weighted by molar-refractivity contribution is 6.04. The van der Waals surface area contributed by atoms with Gasteiger partial charge in [0.05, 0.1) is 26.4 Å². The molecule has 0 bridgehead atoms. The van der Waals surface area contributed by atoms with E-state index in [-0.39, 0.29) is 18.5 Å². The molecule has 0 saturated heterocycles. The first-order chi connectivity index (χ1) is 17.4. The Kier molecular flexibility index (Phi) is 6.35. The summed E-state index contributed by atoms with van der Waals surface area (Å²) in [6.07, 6.45) is 0.928. The first-order valence-corrected chi connectivity index (χ1v) is 12.0. The van der Waals surface area contributed by atoms with Crippen LogP contribution in [0.4, 0.5) is 0 Å². The molecule has 2 heterocycles. The molecule has 2 aromatic carbocycles. The largest absolute Gasteiger partial charge is 0.493 e. The van der Waals surface area contributed by atoms with Gasteiger partial charge in [0.15, 0.2) is 28.8 Å². The number of benzene rings is 2. The lowest BCUT2D eigenvalue weighted by molar-refractivity contribution is -0.136. The van der Waals surface area contributed by atoms with Crippen LogP contribution >= 0.6 is 0 Å². The van der Waals surface area contributed by atoms with Gasteiger partial charge in [-0.15, -0.1) is 0 Å². The van der Waals surface area contributed by atoms with Crippen LogP contribution in [-0.2, 0) is 14.3 Å². The number of ketones is 1. The van der Waals surface area contributed by atoms with Gasteiger partial charge < -0.3 is 29.0 Å². The summed E-state index contributed by atoms with van der Waals surface area (Å²) < 4.78 is 27.3. The predicted molar refractivity (Wildman–Crippen MR) is 131 cm³/mol. The molecule has 0 fully saturated rings. The average Bonchev–Trinajstić information content (AvgIpc) is 3.35. The van der Waals surface area contributed by atoms with Gasteiger partial charge in [-0.25, -0.2) is 4.79 Å². The van der Waals surface area contributed by atoms with Crippen molar-refractivity contribution in [1.82, 2.24) is 5.32 Å². The van der Waals surface area contributed by atoms with E-state index in [0.29, 0.717) is 59.3 Å². The van der Waals surface area contributed by atoms with Crippen molar-refractivity contribution in [2.45, 2.75) is 38.5 Å². The summed E-state index contributed by atoms with van der Waals surface area (Å²) in [7, 11) is 2.96. The number of dihydropyridines is 1. The molecule has 0 aromatic heterocycles. The van der Waals surface area contributed by atoms with E-state index < -0.39 is 11.9 Å². The number of methoxy groups -OCH3 is 2. The zero-order valence-corrected chi connectivity index (χ0v) is 20.8. The average molecular weight is 492 g/mol. The van der Waals surface area contributed by atoms with Crippen molar-refractivity contribution in [1.29, 1.82) is 0 Å². The number of nitrogens with one attached hydrogen (secondary N) is 1. The van der Waals surface area contributed by atoms with E-state index in [1.54, 1.807) is 7.11 Å². The summed E-state index contributed by atoms with van der Waals surface area (Å²) >= 11 is 0. The number of esters is 1. The van der Waals surface area contributed by atoms with Crippen LogP contribution in [0.25, 0.3) is 0 Å². The van der Waals surface area contributed by atoms with Crippen LogP contribution in [0, 0.1) is 0 Å². The molecular weight excluding hydrogens is 462 g/mol. The van der Waals surface area contributed by atoms with Crippen molar-refractivity contribution in [3.63, 3.8) is 0 Å². The summed E-state index contributed by atoms with van der Waals surface area (Å²) in [5, 5.41) is 3.35. The van der Waals surface area contributed by atoms with E-state index in [2.05, 4.69) is 5.32 Å². The van der Waals surface area contributed by atoms with Gasteiger partial charge in [-0.05, 0) is 61.6 Å². The fourth-order valence-corrected chi connectivity index (χ4v) is 5.29. The molecule has 2 aliphatic heterocycles. The molecule has 0 amide bonds. The molecule has 1 N–H and O–H groups in total. The van der Waals surface area contributed by atoms with E-state index in [0.717, 1.165) is 16.8 Å². The standard InChI is InChI=1S/C28H29NO7/c1-5-34-21-8-6-16(12-23(21)32-3)18-10-19-27(20(30)11-18)26(25(15(2)29-19)28(31)33-4)17-7-9-22-24(13-17)36-14-35-22/h6-9,12-13,18,26,29H,5,10-11,14H2,1-4H3/t18-,26+/m1/s1. The normalized spacial score (nSPS) is 20.6. The van der Waals surface area contributed by atoms with Crippen molar-refractivity contribution in [3.8, 4) is 23.0 Å². The first kappa shape index (κ1) is 23.8. The Labute approximate surface area is 209 Å². The maximum absolute atomic E-state index is 13.7. The SMILES string of the molecule is CCOc1ccc([C@H]2CC(=O)C3=C(C2)NC(C)=C(C(=O)OC)[C@@H]3c2ccc3c(c2)OCO3)cc1OC. The Morgan fingerprint density at radius 2 is 1.81 bits per heavy atom. The lowest BCUT2D eigenvalue weighted by Gasteiger charge is -2.36. The second-order valence-electron chi connectivity index (χ2n) is 8.96. The smallest absolute Gasteiger partial charge is 0.336 e. The third-order valence-corrected chi connectivity index (χ3v) is 6.92. The van der Waals surface area contributed by atoms with Crippen LogP contribution in [0.3, 0.4) is 0 Å². The van der Waals surface area contributed by atoms with E-state index >= 15 is 0 Å². The van der Waals surface area contributed by atoms with Crippen molar-refractivity contribution in [2.75, 3.05) is 27.6 Å². The summed E-state index contributed by atoms with van der Waals surface area (Å²) in [6.45, 7) is 4.44. The van der Waals surface area contributed by atoms with Gasteiger partial charge in [0.1, 0.15) is 0 Å². The fourth-order valence-electron chi connectivity index (χ4n) is 5.29. The highest BCUT2D eigenvalue weighted by Crippen LogP contribution is 2.48. The van der Waals surface area contributed by atoms with Crippen LogP contribution < -0.4 is 24.3 Å². The Hall–Kier alpha value is -3.94. The lowest BCUT2D eigenvalue weighted by atomic mass is 9.71. The zero-order chi connectivity index (χ0) is 25.4.